The maximum atomic E-state index is 3.61. The smallest absolute Gasteiger partial charge is 0.0345 e. The molecule has 0 aliphatic rings. The lowest BCUT2D eigenvalue weighted by Crippen LogP contribution is -2.26. The lowest BCUT2D eigenvalue weighted by atomic mass is 9.90. The Balaban J connectivity index is 2.66. The van der Waals surface area contributed by atoms with E-state index in [1.165, 1.54) is 24.8 Å². The molecule has 1 rings (SSSR count). The molecule has 2 unspecified atom stereocenters. The average Bonchev–Trinajstić information content (AvgIpc) is 2.34. The van der Waals surface area contributed by atoms with Crippen LogP contribution in [0.25, 0.3) is 0 Å². The summed E-state index contributed by atoms with van der Waals surface area (Å²) in [5, 5.41) is 3.61. The standard InChI is InChI=1S/C15H25N/c1-4-6-10-13(3)15(16-5-2)14-11-8-7-9-12-14/h7-9,11-13,15-16H,4-6,10H2,1-3H3. The third kappa shape index (κ3) is 3.97. The van der Waals surface area contributed by atoms with Gasteiger partial charge in [-0.2, -0.15) is 0 Å². The monoisotopic (exact) mass is 219 g/mol. The van der Waals surface area contributed by atoms with Crippen LogP contribution in [0.1, 0.15) is 51.6 Å². The molecule has 0 spiro atoms. The van der Waals surface area contributed by atoms with E-state index in [1.54, 1.807) is 0 Å². The molecule has 0 aliphatic carbocycles. The van der Waals surface area contributed by atoms with Crippen LogP contribution in [0.2, 0.25) is 0 Å². The fourth-order valence-electron chi connectivity index (χ4n) is 2.22. The largest absolute Gasteiger partial charge is 0.310 e. The van der Waals surface area contributed by atoms with E-state index in [2.05, 4.69) is 56.4 Å². The molecule has 16 heavy (non-hydrogen) atoms. The highest BCUT2D eigenvalue weighted by atomic mass is 14.9. The zero-order valence-electron chi connectivity index (χ0n) is 10.9. The highest BCUT2D eigenvalue weighted by Gasteiger charge is 2.17. The quantitative estimate of drug-likeness (QED) is 0.726. The van der Waals surface area contributed by atoms with E-state index in [0.717, 1.165) is 6.54 Å². The molecule has 0 fully saturated rings. The third-order valence-electron chi connectivity index (χ3n) is 3.16. The first-order valence-corrected chi connectivity index (χ1v) is 6.57. The van der Waals surface area contributed by atoms with E-state index >= 15 is 0 Å². The average molecular weight is 219 g/mol. The number of rotatable bonds is 7. The van der Waals surface area contributed by atoms with E-state index in [1.807, 2.05) is 0 Å². The number of nitrogens with one attached hydrogen (secondary N) is 1. The van der Waals surface area contributed by atoms with Crippen LogP contribution in [0.15, 0.2) is 30.3 Å². The molecule has 0 aromatic heterocycles. The van der Waals surface area contributed by atoms with Gasteiger partial charge in [0.25, 0.3) is 0 Å². The lowest BCUT2D eigenvalue weighted by molar-refractivity contribution is 0.363. The Hall–Kier alpha value is -0.820. The van der Waals surface area contributed by atoms with Crippen molar-refractivity contribution in [1.29, 1.82) is 0 Å². The van der Waals surface area contributed by atoms with Crippen LogP contribution in [0.5, 0.6) is 0 Å². The molecule has 0 saturated heterocycles. The fourth-order valence-corrected chi connectivity index (χ4v) is 2.22. The Morgan fingerprint density at radius 3 is 2.38 bits per heavy atom. The second-order valence-electron chi connectivity index (χ2n) is 4.57. The van der Waals surface area contributed by atoms with Crippen LogP contribution in [0, 0.1) is 5.92 Å². The van der Waals surface area contributed by atoms with Crippen LogP contribution in [0.3, 0.4) is 0 Å². The summed E-state index contributed by atoms with van der Waals surface area (Å²) in [5.74, 6) is 0.710. The van der Waals surface area contributed by atoms with E-state index in [4.69, 9.17) is 0 Å². The van der Waals surface area contributed by atoms with Crippen molar-refractivity contribution in [3.8, 4) is 0 Å². The van der Waals surface area contributed by atoms with Gasteiger partial charge >= 0.3 is 0 Å². The molecule has 0 heterocycles. The molecule has 0 bridgehead atoms. The Labute approximate surface area is 100 Å². The summed E-state index contributed by atoms with van der Waals surface area (Å²) >= 11 is 0. The van der Waals surface area contributed by atoms with Gasteiger partial charge < -0.3 is 5.32 Å². The first kappa shape index (κ1) is 13.2. The summed E-state index contributed by atoms with van der Waals surface area (Å²) in [6.45, 7) is 7.84. The van der Waals surface area contributed by atoms with Crippen molar-refractivity contribution in [2.24, 2.45) is 5.92 Å². The Kier molecular flexibility index (Phi) is 6.17. The molecule has 0 saturated carbocycles. The summed E-state index contributed by atoms with van der Waals surface area (Å²) in [4.78, 5) is 0. The second kappa shape index (κ2) is 7.45. The maximum Gasteiger partial charge on any atom is 0.0345 e. The maximum absolute atomic E-state index is 3.61. The molecule has 0 radical (unpaired) electrons. The van der Waals surface area contributed by atoms with Crippen molar-refractivity contribution in [1.82, 2.24) is 5.32 Å². The topological polar surface area (TPSA) is 12.0 Å². The minimum Gasteiger partial charge on any atom is -0.310 e. The van der Waals surface area contributed by atoms with Crippen LogP contribution < -0.4 is 5.32 Å². The van der Waals surface area contributed by atoms with Crippen LogP contribution in [-0.2, 0) is 0 Å². The van der Waals surface area contributed by atoms with Crippen molar-refractivity contribution < 1.29 is 0 Å². The summed E-state index contributed by atoms with van der Waals surface area (Å²) in [5.41, 5.74) is 1.42. The highest BCUT2D eigenvalue weighted by Crippen LogP contribution is 2.25. The zero-order chi connectivity index (χ0) is 11.8. The first-order chi connectivity index (χ1) is 7.79. The summed E-state index contributed by atoms with van der Waals surface area (Å²) in [6.07, 6.45) is 3.93. The van der Waals surface area contributed by atoms with Gasteiger partial charge in [0.05, 0.1) is 0 Å². The van der Waals surface area contributed by atoms with Gasteiger partial charge in [0.15, 0.2) is 0 Å². The SMILES string of the molecule is CCCCC(C)C(NCC)c1ccccc1. The lowest BCUT2D eigenvalue weighted by Gasteiger charge is -2.25. The molecular formula is C15H25N. The number of unbranched alkanes of at least 4 members (excludes halogenated alkanes) is 1. The van der Waals surface area contributed by atoms with Gasteiger partial charge in [0.2, 0.25) is 0 Å². The zero-order valence-corrected chi connectivity index (χ0v) is 10.9. The van der Waals surface area contributed by atoms with E-state index in [9.17, 15) is 0 Å². The summed E-state index contributed by atoms with van der Waals surface area (Å²) < 4.78 is 0. The van der Waals surface area contributed by atoms with Crippen molar-refractivity contribution in [3.05, 3.63) is 35.9 Å². The van der Waals surface area contributed by atoms with Crippen molar-refractivity contribution in [2.45, 2.75) is 46.1 Å². The van der Waals surface area contributed by atoms with Gasteiger partial charge in [-0.3, -0.25) is 0 Å². The van der Waals surface area contributed by atoms with Gasteiger partial charge in [-0.15, -0.1) is 0 Å². The van der Waals surface area contributed by atoms with Crippen LogP contribution in [0.4, 0.5) is 0 Å². The Morgan fingerprint density at radius 2 is 1.81 bits per heavy atom. The Morgan fingerprint density at radius 1 is 1.12 bits per heavy atom. The second-order valence-corrected chi connectivity index (χ2v) is 4.57. The molecular weight excluding hydrogens is 194 g/mol. The van der Waals surface area contributed by atoms with Gasteiger partial charge in [-0.1, -0.05) is 63.9 Å². The number of hydrogen-bond acceptors (Lipinski definition) is 1. The van der Waals surface area contributed by atoms with Crippen molar-refractivity contribution in [2.75, 3.05) is 6.54 Å². The summed E-state index contributed by atoms with van der Waals surface area (Å²) in [6, 6.07) is 11.3. The normalized spacial score (nSPS) is 14.7. The predicted octanol–water partition coefficient (Wildman–Crippen LogP) is 4.16. The minimum absolute atomic E-state index is 0.512. The van der Waals surface area contributed by atoms with Crippen molar-refractivity contribution >= 4 is 0 Å². The van der Waals surface area contributed by atoms with Gasteiger partial charge in [0.1, 0.15) is 0 Å². The van der Waals surface area contributed by atoms with Crippen LogP contribution >= 0.6 is 0 Å². The molecule has 1 aromatic carbocycles. The van der Waals surface area contributed by atoms with E-state index in [0.29, 0.717) is 12.0 Å². The van der Waals surface area contributed by atoms with E-state index in [-0.39, 0.29) is 0 Å². The molecule has 1 nitrogen and oxygen atoms in total. The highest BCUT2D eigenvalue weighted by molar-refractivity contribution is 5.19. The number of benzene rings is 1. The minimum atomic E-state index is 0.512. The van der Waals surface area contributed by atoms with Gasteiger partial charge in [0, 0.05) is 6.04 Å². The van der Waals surface area contributed by atoms with Gasteiger partial charge in [-0.25, -0.2) is 0 Å². The van der Waals surface area contributed by atoms with Crippen molar-refractivity contribution in [3.63, 3.8) is 0 Å². The molecule has 1 heteroatoms. The van der Waals surface area contributed by atoms with Gasteiger partial charge in [-0.05, 0) is 24.4 Å². The molecule has 1 N–H and O–H groups in total. The Bertz CT molecular complexity index is 268. The first-order valence-electron chi connectivity index (χ1n) is 6.57. The van der Waals surface area contributed by atoms with Crippen LogP contribution in [-0.4, -0.2) is 6.54 Å². The predicted molar refractivity (Wildman–Crippen MR) is 71.5 cm³/mol. The van der Waals surface area contributed by atoms with E-state index < -0.39 is 0 Å². The molecule has 2 atom stereocenters. The summed E-state index contributed by atoms with van der Waals surface area (Å²) in [7, 11) is 0. The third-order valence-corrected chi connectivity index (χ3v) is 3.16. The fraction of sp³-hybridized carbons (Fsp3) is 0.600. The molecule has 1 aromatic rings. The molecule has 0 aliphatic heterocycles. The number of hydrogen-bond donors (Lipinski definition) is 1. The molecule has 0 amide bonds. The molecule has 90 valence electrons.